The van der Waals surface area contributed by atoms with E-state index in [-0.39, 0.29) is 5.78 Å². The normalized spacial score (nSPS) is 12.4. The van der Waals surface area contributed by atoms with Crippen LogP contribution in [-0.4, -0.2) is 30.3 Å². The van der Waals surface area contributed by atoms with Gasteiger partial charge in [-0.15, -0.1) is 10.2 Å². The molecule has 7 heteroatoms. The Hall–Kier alpha value is -3.61. The number of benzene rings is 1. The maximum absolute atomic E-state index is 12.0. The van der Waals surface area contributed by atoms with E-state index in [1.54, 1.807) is 19.3 Å². The van der Waals surface area contributed by atoms with E-state index in [0.717, 1.165) is 28.1 Å². The summed E-state index contributed by atoms with van der Waals surface area (Å²) >= 11 is 0. The molecule has 4 aromatic rings. The van der Waals surface area contributed by atoms with E-state index in [9.17, 15) is 4.79 Å². The molecule has 4 rings (SSSR count). The summed E-state index contributed by atoms with van der Waals surface area (Å²) < 4.78 is 1.97. The highest BCUT2D eigenvalue weighted by Gasteiger charge is 2.14. The number of carbonyl (C=O) groups excluding carboxylic acids is 1. The number of fused-ring (bicyclic) bond motifs is 3. The van der Waals surface area contributed by atoms with Gasteiger partial charge in [0.1, 0.15) is 5.82 Å². The van der Waals surface area contributed by atoms with E-state index >= 15 is 0 Å². The van der Waals surface area contributed by atoms with E-state index in [0.29, 0.717) is 23.3 Å². The zero-order valence-electron chi connectivity index (χ0n) is 15.0. The number of nitrogens with zero attached hydrogens (tertiary/aromatic N) is 5. The van der Waals surface area contributed by atoms with Crippen LogP contribution in [0.2, 0.25) is 0 Å². The van der Waals surface area contributed by atoms with Crippen molar-refractivity contribution >= 4 is 28.0 Å². The topological polar surface area (TPSA) is 99.1 Å². The van der Waals surface area contributed by atoms with Gasteiger partial charge < -0.3 is 5.73 Å². The number of allylic oxidation sites excluding steroid dienone is 2. The molecule has 0 bridgehead atoms. The number of rotatable bonds is 4. The van der Waals surface area contributed by atoms with Gasteiger partial charge in [-0.1, -0.05) is 12.1 Å². The molecule has 0 fully saturated rings. The molecule has 0 amide bonds. The van der Waals surface area contributed by atoms with Crippen LogP contribution in [0.3, 0.4) is 0 Å². The number of pyridine rings is 1. The van der Waals surface area contributed by atoms with Crippen molar-refractivity contribution in [1.82, 2.24) is 24.6 Å². The van der Waals surface area contributed by atoms with Crippen LogP contribution < -0.4 is 5.73 Å². The van der Waals surface area contributed by atoms with Gasteiger partial charge in [-0.05, 0) is 43.7 Å². The molecule has 0 unspecified atom stereocenters. The zero-order valence-corrected chi connectivity index (χ0v) is 15.0. The van der Waals surface area contributed by atoms with E-state index in [1.807, 2.05) is 40.8 Å². The quantitative estimate of drug-likeness (QED) is 0.563. The standard InChI is InChI=1S/C20H18N6O/c1-12(21)20(13(2)27)14-6-7-17-16(9-14)23-11-19-25-24-18(26(17)19)10-15-5-3-4-8-22-15/h3-9,11H,10,21H2,1-2H3. The number of hydrogen-bond acceptors (Lipinski definition) is 6. The lowest BCUT2D eigenvalue weighted by Gasteiger charge is -2.09. The first-order valence-corrected chi connectivity index (χ1v) is 8.55. The molecule has 0 aliphatic rings. The van der Waals surface area contributed by atoms with Crippen LogP contribution in [0.15, 0.2) is 54.5 Å². The molecule has 27 heavy (non-hydrogen) atoms. The second-order valence-electron chi connectivity index (χ2n) is 6.38. The van der Waals surface area contributed by atoms with E-state index in [2.05, 4.69) is 20.2 Å². The number of Topliss-reactive ketones (excluding diaryl/α,β-unsaturated/α-hetero) is 1. The molecule has 0 saturated heterocycles. The zero-order chi connectivity index (χ0) is 19.0. The third-order valence-electron chi connectivity index (χ3n) is 4.39. The Kier molecular flexibility index (Phi) is 4.12. The number of nitrogens with two attached hydrogens (primary N) is 1. The fraction of sp³-hybridized carbons (Fsp3) is 0.150. The molecule has 0 radical (unpaired) electrons. The average Bonchev–Trinajstić information content (AvgIpc) is 3.05. The summed E-state index contributed by atoms with van der Waals surface area (Å²) in [5.74, 6) is 0.705. The lowest BCUT2D eigenvalue weighted by Crippen LogP contribution is -2.06. The maximum Gasteiger partial charge on any atom is 0.179 e. The minimum absolute atomic E-state index is 0.0735. The first-order valence-electron chi connectivity index (χ1n) is 8.55. The molecule has 0 aliphatic heterocycles. The number of aromatic nitrogens is 5. The highest BCUT2D eigenvalue weighted by Crippen LogP contribution is 2.23. The summed E-state index contributed by atoms with van der Waals surface area (Å²) in [4.78, 5) is 20.8. The predicted octanol–water partition coefficient (Wildman–Crippen LogP) is 2.54. The van der Waals surface area contributed by atoms with Gasteiger partial charge in [-0.3, -0.25) is 19.2 Å². The fourth-order valence-electron chi connectivity index (χ4n) is 3.26. The molecule has 1 aromatic carbocycles. The molecule has 0 atom stereocenters. The first-order chi connectivity index (χ1) is 13.0. The fourth-order valence-corrected chi connectivity index (χ4v) is 3.26. The summed E-state index contributed by atoms with van der Waals surface area (Å²) in [5, 5.41) is 8.52. The predicted molar refractivity (Wildman–Crippen MR) is 103 cm³/mol. The Morgan fingerprint density at radius 3 is 2.67 bits per heavy atom. The summed E-state index contributed by atoms with van der Waals surface area (Å²) in [6, 6.07) is 11.4. The van der Waals surface area contributed by atoms with Gasteiger partial charge in [-0.25, -0.2) is 0 Å². The second kappa shape index (κ2) is 6.60. The second-order valence-corrected chi connectivity index (χ2v) is 6.38. The molecular weight excluding hydrogens is 340 g/mol. The summed E-state index contributed by atoms with van der Waals surface area (Å²) in [5.41, 5.74) is 10.8. The Labute approximate surface area is 155 Å². The van der Waals surface area contributed by atoms with Crippen molar-refractivity contribution in [2.75, 3.05) is 0 Å². The van der Waals surface area contributed by atoms with Crippen LogP contribution in [0, 0.1) is 0 Å². The van der Waals surface area contributed by atoms with Gasteiger partial charge in [0.05, 0.1) is 23.7 Å². The van der Waals surface area contributed by atoms with Crippen molar-refractivity contribution in [2.45, 2.75) is 20.3 Å². The van der Waals surface area contributed by atoms with Crippen LogP contribution in [-0.2, 0) is 11.2 Å². The molecule has 7 nitrogen and oxygen atoms in total. The van der Waals surface area contributed by atoms with Crippen molar-refractivity contribution in [3.05, 3.63) is 71.6 Å². The molecule has 134 valence electrons. The molecule has 0 aliphatic carbocycles. The van der Waals surface area contributed by atoms with E-state index < -0.39 is 0 Å². The van der Waals surface area contributed by atoms with Crippen LogP contribution in [0.25, 0.3) is 22.3 Å². The van der Waals surface area contributed by atoms with Crippen molar-refractivity contribution in [3.63, 3.8) is 0 Å². The largest absolute Gasteiger partial charge is 0.402 e. The monoisotopic (exact) mass is 358 g/mol. The molecule has 3 heterocycles. The molecule has 0 saturated carbocycles. The van der Waals surface area contributed by atoms with Gasteiger partial charge in [0.2, 0.25) is 0 Å². The highest BCUT2D eigenvalue weighted by molar-refractivity contribution is 6.20. The number of carbonyl (C=O) groups is 1. The Balaban J connectivity index is 1.88. The average molecular weight is 358 g/mol. The van der Waals surface area contributed by atoms with Gasteiger partial charge in [0.25, 0.3) is 0 Å². The highest BCUT2D eigenvalue weighted by atomic mass is 16.1. The molecule has 3 aromatic heterocycles. The van der Waals surface area contributed by atoms with Gasteiger partial charge in [0.15, 0.2) is 11.4 Å². The Bertz CT molecular complexity index is 1190. The van der Waals surface area contributed by atoms with Crippen LogP contribution >= 0.6 is 0 Å². The minimum atomic E-state index is -0.0735. The van der Waals surface area contributed by atoms with Crippen molar-refractivity contribution in [1.29, 1.82) is 0 Å². The van der Waals surface area contributed by atoms with Crippen molar-refractivity contribution in [2.24, 2.45) is 5.73 Å². The Morgan fingerprint density at radius 1 is 1.11 bits per heavy atom. The van der Waals surface area contributed by atoms with Crippen molar-refractivity contribution in [3.8, 4) is 0 Å². The SMILES string of the molecule is CC(=O)C(=C(C)N)c1ccc2c(c1)ncc1nnc(Cc3ccccn3)n12. The number of ketones is 1. The lowest BCUT2D eigenvalue weighted by atomic mass is 10.00. The smallest absolute Gasteiger partial charge is 0.179 e. The molecular formula is C20H18N6O. The summed E-state index contributed by atoms with van der Waals surface area (Å²) in [6.45, 7) is 3.24. The summed E-state index contributed by atoms with van der Waals surface area (Å²) in [6.07, 6.45) is 3.99. The lowest BCUT2D eigenvalue weighted by molar-refractivity contribution is -0.111. The van der Waals surface area contributed by atoms with Crippen LogP contribution in [0.1, 0.15) is 30.9 Å². The van der Waals surface area contributed by atoms with Crippen LogP contribution in [0.5, 0.6) is 0 Å². The summed E-state index contributed by atoms with van der Waals surface area (Å²) in [7, 11) is 0. The molecule has 0 spiro atoms. The van der Waals surface area contributed by atoms with Gasteiger partial charge in [0, 0.05) is 23.2 Å². The first kappa shape index (κ1) is 16.8. The van der Waals surface area contributed by atoms with Crippen molar-refractivity contribution < 1.29 is 4.79 Å². The number of hydrogen-bond donors (Lipinski definition) is 1. The minimum Gasteiger partial charge on any atom is -0.402 e. The maximum atomic E-state index is 12.0. The van der Waals surface area contributed by atoms with Crippen LogP contribution in [0.4, 0.5) is 0 Å². The third kappa shape index (κ3) is 3.03. The van der Waals surface area contributed by atoms with E-state index in [1.165, 1.54) is 6.92 Å². The third-order valence-corrected chi connectivity index (χ3v) is 4.39. The Morgan fingerprint density at radius 2 is 1.96 bits per heavy atom. The molecule has 2 N–H and O–H groups in total. The van der Waals surface area contributed by atoms with Gasteiger partial charge >= 0.3 is 0 Å². The van der Waals surface area contributed by atoms with Gasteiger partial charge in [-0.2, -0.15) is 0 Å². The van der Waals surface area contributed by atoms with E-state index in [4.69, 9.17) is 5.73 Å².